The Morgan fingerprint density at radius 1 is 1.36 bits per heavy atom. The molecule has 1 atom stereocenters. The molecule has 5 nitrogen and oxygen atoms in total. The third-order valence-corrected chi connectivity index (χ3v) is 4.28. The van der Waals surface area contributed by atoms with Gasteiger partial charge in [-0.05, 0) is 37.5 Å². The molecule has 1 fully saturated rings. The molecule has 1 aliphatic heterocycles. The number of benzene rings is 1. The van der Waals surface area contributed by atoms with Crippen LogP contribution >= 0.6 is 0 Å². The van der Waals surface area contributed by atoms with Crippen molar-refractivity contribution in [3.05, 3.63) is 29.8 Å². The second kappa shape index (κ2) is 7.61. The maximum atomic E-state index is 11.9. The van der Waals surface area contributed by atoms with E-state index < -0.39 is 0 Å². The van der Waals surface area contributed by atoms with Gasteiger partial charge in [0.05, 0.1) is 7.11 Å². The van der Waals surface area contributed by atoms with E-state index in [0.29, 0.717) is 13.0 Å². The summed E-state index contributed by atoms with van der Waals surface area (Å²) in [5, 5.41) is 3.05. The first-order valence-electron chi connectivity index (χ1n) is 7.80. The van der Waals surface area contributed by atoms with E-state index in [0.717, 1.165) is 31.8 Å². The van der Waals surface area contributed by atoms with Gasteiger partial charge in [-0.25, -0.2) is 0 Å². The monoisotopic (exact) mass is 306 g/mol. The molecule has 0 spiro atoms. The van der Waals surface area contributed by atoms with Crippen LogP contribution in [0.5, 0.6) is 5.75 Å². The van der Waals surface area contributed by atoms with Crippen molar-refractivity contribution in [2.24, 2.45) is 5.73 Å². The number of hydrogen-bond donors (Lipinski definition) is 2. The maximum Gasteiger partial charge on any atom is 0.221 e. The van der Waals surface area contributed by atoms with Crippen molar-refractivity contribution in [2.45, 2.75) is 37.6 Å². The zero-order valence-electron chi connectivity index (χ0n) is 13.4. The van der Waals surface area contributed by atoms with Gasteiger partial charge in [0, 0.05) is 37.6 Å². The number of rotatable bonds is 6. The molecule has 1 heterocycles. The number of carbonyl (C=O) groups is 1. The molecule has 122 valence electrons. The number of ether oxygens (including phenoxy) is 2. The molecule has 0 aromatic heterocycles. The molecular weight excluding hydrogens is 280 g/mol. The van der Waals surface area contributed by atoms with E-state index in [2.05, 4.69) is 17.4 Å². The zero-order chi connectivity index (χ0) is 16.0. The molecule has 1 saturated heterocycles. The molecule has 1 aromatic rings. The normalized spacial score (nSPS) is 18.5. The average Bonchev–Trinajstić information content (AvgIpc) is 2.53. The van der Waals surface area contributed by atoms with Crippen LogP contribution in [0.2, 0.25) is 0 Å². The number of methoxy groups -OCH3 is 1. The lowest BCUT2D eigenvalue weighted by atomic mass is 9.74. The van der Waals surface area contributed by atoms with E-state index in [1.54, 1.807) is 7.11 Å². The molecule has 5 heteroatoms. The highest BCUT2D eigenvalue weighted by molar-refractivity contribution is 5.76. The second-order valence-corrected chi connectivity index (χ2v) is 6.08. The van der Waals surface area contributed by atoms with Crippen LogP contribution in [0.4, 0.5) is 0 Å². The van der Waals surface area contributed by atoms with Gasteiger partial charge in [-0.15, -0.1) is 0 Å². The van der Waals surface area contributed by atoms with E-state index in [-0.39, 0.29) is 17.4 Å². The van der Waals surface area contributed by atoms with Crippen LogP contribution in [0.1, 0.15) is 31.7 Å². The van der Waals surface area contributed by atoms with Crippen molar-refractivity contribution in [2.75, 3.05) is 26.9 Å². The topological polar surface area (TPSA) is 73.6 Å². The van der Waals surface area contributed by atoms with E-state index in [1.165, 1.54) is 5.56 Å². The summed E-state index contributed by atoms with van der Waals surface area (Å²) in [6.45, 7) is 3.89. The van der Waals surface area contributed by atoms with Crippen molar-refractivity contribution in [1.82, 2.24) is 5.32 Å². The van der Waals surface area contributed by atoms with Crippen LogP contribution in [0.25, 0.3) is 0 Å². The first-order valence-corrected chi connectivity index (χ1v) is 7.80. The molecule has 0 bridgehead atoms. The number of hydrogen-bond acceptors (Lipinski definition) is 4. The fraction of sp³-hybridized carbons (Fsp3) is 0.588. The van der Waals surface area contributed by atoms with Gasteiger partial charge in [-0.3, -0.25) is 4.79 Å². The van der Waals surface area contributed by atoms with E-state index in [4.69, 9.17) is 15.2 Å². The van der Waals surface area contributed by atoms with Gasteiger partial charge in [0.1, 0.15) is 5.75 Å². The Labute approximate surface area is 132 Å². The van der Waals surface area contributed by atoms with Crippen LogP contribution < -0.4 is 15.8 Å². The molecule has 1 aromatic carbocycles. The molecule has 0 saturated carbocycles. The molecule has 0 aliphatic carbocycles. The molecule has 0 radical (unpaired) electrons. The Hall–Kier alpha value is -1.59. The second-order valence-electron chi connectivity index (χ2n) is 6.08. The largest absolute Gasteiger partial charge is 0.497 e. The van der Waals surface area contributed by atoms with Gasteiger partial charge < -0.3 is 20.5 Å². The Bertz CT molecular complexity index is 479. The van der Waals surface area contributed by atoms with Gasteiger partial charge in [0.15, 0.2) is 0 Å². The maximum absolute atomic E-state index is 11.9. The lowest BCUT2D eigenvalue weighted by Gasteiger charge is -2.38. The number of nitrogens with two attached hydrogens (primary N) is 1. The lowest BCUT2D eigenvalue weighted by Crippen LogP contribution is -2.45. The fourth-order valence-corrected chi connectivity index (χ4v) is 2.91. The third kappa shape index (κ3) is 4.21. The Kier molecular flexibility index (Phi) is 5.80. The van der Waals surface area contributed by atoms with Crippen LogP contribution in [0, 0.1) is 0 Å². The summed E-state index contributed by atoms with van der Waals surface area (Å²) in [5.74, 6) is 0.848. The predicted octanol–water partition coefficient (Wildman–Crippen LogP) is 1.60. The molecule has 1 aliphatic rings. The summed E-state index contributed by atoms with van der Waals surface area (Å²) in [7, 11) is 1.66. The van der Waals surface area contributed by atoms with Gasteiger partial charge in [-0.2, -0.15) is 0 Å². The van der Waals surface area contributed by atoms with Crippen LogP contribution in [0.15, 0.2) is 24.3 Å². The Morgan fingerprint density at radius 2 is 2.00 bits per heavy atom. The Balaban J connectivity index is 2.11. The van der Waals surface area contributed by atoms with E-state index in [9.17, 15) is 4.79 Å². The molecule has 2 rings (SSSR count). The van der Waals surface area contributed by atoms with E-state index >= 15 is 0 Å². The Morgan fingerprint density at radius 3 is 2.55 bits per heavy atom. The highest BCUT2D eigenvalue weighted by Gasteiger charge is 2.34. The van der Waals surface area contributed by atoms with Crippen molar-refractivity contribution >= 4 is 5.91 Å². The molecule has 1 unspecified atom stereocenters. The van der Waals surface area contributed by atoms with Crippen LogP contribution in [-0.4, -0.2) is 38.8 Å². The first-order chi connectivity index (χ1) is 10.6. The predicted molar refractivity (Wildman–Crippen MR) is 86.0 cm³/mol. The first kappa shape index (κ1) is 16.8. The zero-order valence-corrected chi connectivity index (χ0v) is 13.4. The summed E-state index contributed by atoms with van der Waals surface area (Å²) < 4.78 is 10.7. The van der Waals surface area contributed by atoms with E-state index in [1.807, 2.05) is 19.1 Å². The quantitative estimate of drug-likeness (QED) is 0.837. The summed E-state index contributed by atoms with van der Waals surface area (Å²) in [4.78, 5) is 11.9. The summed E-state index contributed by atoms with van der Waals surface area (Å²) in [6, 6.07) is 7.99. The third-order valence-electron chi connectivity index (χ3n) is 4.28. The average molecular weight is 306 g/mol. The summed E-state index contributed by atoms with van der Waals surface area (Å²) in [6.07, 6.45) is 2.16. The molecule has 1 amide bonds. The summed E-state index contributed by atoms with van der Waals surface area (Å²) in [5.41, 5.74) is 6.83. The van der Waals surface area contributed by atoms with Crippen molar-refractivity contribution in [3.63, 3.8) is 0 Å². The highest BCUT2D eigenvalue weighted by Crippen LogP contribution is 2.35. The van der Waals surface area contributed by atoms with Gasteiger partial charge >= 0.3 is 0 Å². The minimum absolute atomic E-state index is 0.00868. The van der Waals surface area contributed by atoms with Crippen molar-refractivity contribution in [1.29, 1.82) is 0 Å². The number of amides is 1. The smallest absolute Gasteiger partial charge is 0.221 e. The number of nitrogens with one attached hydrogen (secondary N) is 1. The lowest BCUT2D eigenvalue weighted by molar-refractivity contribution is -0.121. The minimum Gasteiger partial charge on any atom is -0.497 e. The van der Waals surface area contributed by atoms with Crippen LogP contribution in [-0.2, 0) is 14.9 Å². The standard InChI is InChI=1S/C17H26N2O3/c1-13(18)11-16(20)19-12-17(7-9-22-10-8-17)14-3-5-15(21-2)6-4-14/h3-6,13H,7-12,18H2,1-2H3,(H,19,20). The summed E-state index contributed by atoms with van der Waals surface area (Å²) >= 11 is 0. The fourth-order valence-electron chi connectivity index (χ4n) is 2.91. The SMILES string of the molecule is COc1ccc(C2(CNC(=O)CC(C)N)CCOCC2)cc1. The number of carbonyl (C=O) groups excluding carboxylic acids is 1. The molecule has 22 heavy (non-hydrogen) atoms. The molecule has 3 N–H and O–H groups in total. The van der Waals surface area contributed by atoms with Crippen molar-refractivity contribution in [3.8, 4) is 5.75 Å². The van der Waals surface area contributed by atoms with Crippen molar-refractivity contribution < 1.29 is 14.3 Å². The minimum atomic E-state index is -0.119. The molecular formula is C17H26N2O3. The van der Waals surface area contributed by atoms with Gasteiger partial charge in [0.2, 0.25) is 5.91 Å². The van der Waals surface area contributed by atoms with Gasteiger partial charge in [0.25, 0.3) is 0 Å². The van der Waals surface area contributed by atoms with Gasteiger partial charge in [-0.1, -0.05) is 12.1 Å². The van der Waals surface area contributed by atoms with Crippen LogP contribution in [0.3, 0.4) is 0 Å². The highest BCUT2D eigenvalue weighted by atomic mass is 16.5.